The number of H-pyrrole nitrogens is 1. The van der Waals surface area contributed by atoms with E-state index >= 15 is 0 Å². The summed E-state index contributed by atoms with van der Waals surface area (Å²) in [5, 5.41) is 1.84. The van der Waals surface area contributed by atoms with E-state index in [0.717, 1.165) is 6.29 Å². The third kappa shape index (κ3) is 1.86. The number of aldehydes is 1. The smallest absolute Gasteiger partial charge is 0.268 e. The third-order valence-electron chi connectivity index (χ3n) is 2.61. The van der Waals surface area contributed by atoms with Gasteiger partial charge in [0.2, 0.25) is 0 Å². The molecule has 0 atom stereocenters. The first-order chi connectivity index (χ1) is 8.76. The predicted octanol–water partition coefficient (Wildman–Crippen LogP) is 1.65. The highest BCUT2D eigenvalue weighted by molar-refractivity contribution is 7.17. The molecule has 0 fully saturated rings. The van der Waals surface area contributed by atoms with Crippen molar-refractivity contribution in [2.75, 3.05) is 0 Å². The molecule has 18 heavy (non-hydrogen) atoms. The van der Waals surface area contributed by atoms with Crippen LogP contribution in [0.1, 0.15) is 16.2 Å². The fourth-order valence-electron chi connectivity index (χ4n) is 1.80. The van der Waals surface area contributed by atoms with Gasteiger partial charge < -0.3 is 9.55 Å². The highest BCUT2D eigenvalue weighted by Gasteiger charge is 2.05. The highest BCUT2D eigenvalue weighted by Crippen LogP contribution is 2.14. The summed E-state index contributed by atoms with van der Waals surface area (Å²) >= 11 is 1.38. The molecule has 1 N–H and O–H groups in total. The molecular formula is C12H9N3O2S. The topological polar surface area (TPSA) is 67.8 Å². The Morgan fingerprint density at radius 3 is 3.11 bits per heavy atom. The van der Waals surface area contributed by atoms with Crippen molar-refractivity contribution in [2.45, 2.75) is 6.54 Å². The molecule has 3 heterocycles. The van der Waals surface area contributed by atoms with Crippen LogP contribution in [-0.2, 0) is 6.54 Å². The van der Waals surface area contributed by atoms with E-state index < -0.39 is 0 Å². The lowest BCUT2D eigenvalue weighted by molar-refractivity contribution is 0.112. The predicted molar refractivity (Wildman–Crippen MR) is 69.2 cm³/mol. The van der Waals surface area contributed by atoms with Crippen molar-refractivity contribution in [3.63, 3.8) is 0 Å². The first-order valence-electron chi connectivity index (χ1n) is 5.33. The summed E-state index contributed by atoms with van der Waals surface area (Å²) in [6, 6.07) is 3.54. The summed E-state index contributed by atoms with van der Waals surface area (Å²) in [6.07, 6.45) is 4.28. The van der Waals surface area contributed by atoms with Gasteiger partial charge in [0.05, 0.1) is 12.1 Å². The molecule has 0 aromatic carbocycles. The van der Waals surface area contributed by atoms with Crippen molar-refractivity contribution in [3.05, 3.63) is 51.6 Å². The number of thiophene rings is 1. The fourth-order valence-corrected chi connectivity index (χ4v) is 2.52. The molecule has 0 bridgehead atoms. The zero-order valence-corrected chi connectivity index (χ0v) is 10.1. The summed E-state index contributed by atoms with van der Waals surface area (Å²) in [5.74, 6) is 0.582. The average Bonchev–Trinajstić information content (AvgIpc) is 2.97. The number of carbonyl (C=O) groups is 1. The molecule has 0 spiro atoms. The molecule has 0 aliphatic heterocycles. The minimum absolute atomic E-state index is 0.118. The van der Waals surface area contributed by atoms with Crippen molar-refractivity contribution in [2.24, 2.45) is 0 Å². The number of carbonyl (C=O) groups excluding carboxylic acids is 1. The van der Waals surface area contributed by atoms with Gasteiger partial charge in [0.1, 0.15) is 10.5 Å². The molecule has 0 amide bonds. The molecule has 0 aliphatic rings. The summed E-state index contributed by atoms with van der Waals surface area (Å²) in [5.41, 5.74) is 1.20. The Hall–Kier alpha value is -2.21. The number of aromatic nitrogens is 3. The molecule has 3 aromatic heterocycles. The first kappa shape index (κ1) is 10.9. The van der Waals surface area contributed by atoms with Crippen LogP contribution in [0.2, 0.25) is 0 Å². The van der Waals surface area contributed by atoms with Crippen LogP contribution in [0.3, 0.4) is 0 Å². The average molecular weight is 259 g/mol. The van der Waals surface area contributed by atoms with Crippen LogP contribution in [0.25, 0.3) is 10.2 Å². The Bertz CT molecular complexity index is 769. The van der Waals surface area contributed by atoms with Gasteiger partial charge in [-0.3, -0.25) is 9.59 Å². The third-order valence-corrected chi connectivity index (χ3v) is 3.51. The maximum Gasteiger partial charge on any atom is 0.268 e. The quantitative estimate of drug-likeness (QED) is 0.727. The fraction of sp³-hybridized carbons (Fsp3) is 0.0833. The standard InChI is InChI=1S/C12H9N3O2S/c16-7-8-1-3-15(5-8)6-10-13-9-2-4-18-11(9)12(17)14-10/h1-5,7H,6H2,(H,13,14,17). The van der Waals surface area contributed by atoms with E-state index in [9.17, 15) is 9.59 Å². The van der Waals surface area contributed by atoms with E-state index in [0.29, 0.717) is 28.1 Å². The van der Waals surface area contributed by atoms with E-state index in [1.165, 1.54) is 11.3 Å². The van der Waals surface area contributed by atoms with Gasteiger partial charge >= 0.3 is 0 Å². The monoisotopic (exact) mass is 259 g/mol. The lowest BCUT2D eigenvalue weighted by atomic mass is 10.4. The minimum atomic E-state index is -0.118. The van der Waals surface area contributed by atoms with Gasteiger partial charge in [-0.2, -0.15) is 0 Å². The van der Waals surface area contributed by atoms with E-state index in [1.807, 2.05) is 11.4 Å². The van der Waals surface area contributed by atoms with E-state index in [-0.39, 0.29) is 5.56 Å². The van der Waals surface area contributed by atoms with Gasteiger partial charge in [-0.05, 0) is 17.5 Å². The molecule has 6 heteroatoms. The first-order valence-corrected chi connectivity index (χ1v) is 6.21. The van der Waals surface area contributed by atoms with Crippen LogP contribution in [0.15, 0.2) is 34.7 Å². The molecule has 3 rings (SSSR count). The van der Waals surface area contributed by atoms with Crippen molar-refractivity contribution < 1.29 is 4.79 Å². The molecular weight excluding hydrogens is 250 g/mol. The van der Waals surface area contributed by atoms with E-state index in [1.54, 1.807) is 23.0 Å². The van der Waals surface area contributed by atoms with Crippen LogP contribution in [0.5, 0.6) is 0 Å². The van der Waals surface area contributed by atoms with Gasteiger partial charge in [-0.15, -0.1) is 11.3 Å². The van der Waals surface area contributed by atoms with Gasteiger partial charge in [-0.1, -0.05) is 0 Å². The number of fused-ring (bicyclic) bond motifs is 1. The van der Waals surface area contributed by atoms with Gasteiger partial charge in [0.25, 0.3) is 5.56 Å². The Morgan fingerprint density at radius 1 is 1.44 bits per heavy atom. The largest absolute Gasteiger partial charge is 0.346 e. The highest BCUT2D eigenvalue weighted by atomic mass is 32.1. The second-order valence-electron chi connectivity index (χ2n) is 3.88. The summed E-state index contributed by atoms with van der Waals surface area (Å²) in [4.78, 5) is 29.5. The molecule has 0 radical (unpaired) electrons. The molecule has 90 valence electrons. The Labute approximate surface area is 106 Å². The number of nitrogens with one attached hydrogen (secondary N) is 1. The lowest BCUT2D eigenvalue weighted by Gasteiger charge is -2.02. The Morgan fingerprint density at radius 2 is 2.33 bits per heavy atom. The van der Waals surface area contributed by atoms with Crippen LogP contribution < -0.4 is 5.56 Å². The summed E-state index contributed by atoms with van der Waals surface area (Å²) in [7, 11) is 0. The van der Waals surface area contributed by atoms with Crippen molar-refractivity contribution in [1.29, 1.82) is 0 Å². The van der Waals surface area contributed by atoms with Gasteiger partial charge in [0, 0.05) is 18.0 Å². The van der Waals surface area contributed by atoms with Gasteiger partial charge in [-0.25, -0.2) is 4.98 Å². The Balaban J connectivity index is 1.99. The van der Waals surface area contributed by atoms with Crippen LogP contribution in [0.4, 0.5) is 0 Å². The van der Waals surface area contributed by atoms with Crippen LogP contribution >= 0.6 is 11.3 Å². The summed E-state index contributed by atoms with van der Waals surface area (Å²) in [6.45, 7) is 0.439. The molecule has 3 aromatic rings. The van der Waals surface area contributed by atoms with Crippen molar-refractivity contribution in [3.8, 4) is 0 Å². The number of nitrogens with zero attached hydrogens (tertiary/aromatic N) is 2. The van der Waals surface area contributed by atoms with Crippen molar-refractivity contribution in [1.82, 2.24) is 14.5 Å². The lowest BCUT2D eigenvalue weighted by Crippen LogP contribution is -2.12. The van der Waals surface area contributed by atoms with Gasteiger partial charge in [0.15, 0.2) is 6.29 Å². The molecule has 0 aliphatic carbocycles. The number of aromatic amines is 1. The number of hydrogen-bond acceptors (Lipinski definition) is 4. The molecule has 0 saturated heterocycles. The van der Waals surface area contributed by atoms with Crippen LogP contribution in [0, 0.1) is 0 Å². The molecule has 5 nitrogen and oxygen atoms in total. The second-order valence-corrected chi connectivity index (χ2v) is 4.80. The zero-order chi connectivity index (χ0) is 12.5. The maximum absolute atomic E-state index is 11.8. The van der Waals surface area contributed by atoms with E-state index in [4.69, 9.17) is 0 Å². The normalized spacial score (nSPS) is 10.9. The van der Waals surface area contributed by atoms with Crippen molar-refractivity contribution >= 4 is 27.8 Å². The SMILES string of the molecule is O=Cc1ccn(Cc2nc3ccsc3c(=O)[nH]2)c1. The molecule has 0 unspecified atom stereocenters. The number of rotatable bonds is 3. The van der Waals surface area contributed by atoms with Crippen LogP contribution in [-0.4, -0.2) is 20.8 Å². The zero-order valence-electron chi connectivity index (χ0n) is 9.29. The van der Waals surface area contributed by atoms with E-state index in [2.05, 4.69) is 9.97 Å². The second kappa shape index (κ2) is 4.23. The number of hydrogen-bond donors (Lipinski definition) is 1. The molecule has 0 saturated carbocycles. The minimum Gasteiger partial charge on any atom is -0.346 e. The maximum atomic E-state index is 11.8. The Kier molecular flexibility index (Phi) is 2.56. The summed E-state index contributed by atoms with van der Waals surface area (Å²) < 4.78 is 2.44.